The normalized spacial score (nSPS) is 15.2. The number of carbonyl (C=O) groups is 2. The Balaban J connectivity index is 1.77. The minimum Gasteiger partial charge on any atom is -0.317 e. The van der Waals surface area contributed by atoms with Gasteiger partial charge in [-0.05, 0) is 67.5 Å². The van der Waals surface area contributed by atoms with Crippen LogP contribution in [0, 0.1) is 24.0 Å². The first kappa shape index (κ1) is 21.1. The number of aromatic nitrogens is 1. The summed E-state index contributed by atoms with van der Waals surface area (Å²) in [5, 5.41) is 13.7. The van der Waals surface area contributed by atoms with Crippen LogP contribution in [0.1, 0.15) is 16.8 Å². The highest BCUT2D eigenvalue weighted by Crippen LogP contribution is 2.27. The standard InChI is InChI=1S/C23H18N4O4S/c1-14-8-9-15(2)20(11-14)26-22(29)19(21(28)24-23(26)32)13-17-7-4-10-25(17)16-5-3-6-18(12-16)27(30)31/h3-13H,1-2H3,(H,24,28,32)/b19-13+. The number of rotatable bonds is 4. The number of thiocarbonyl (C=S) groups is 1. The van der Waals surface area contributed by atoms with Crippen molar-refractivity contribution in [2.45, 2.75) is 13.8 Å². The molecule has 0 aliphatic carbocycles. The van der Waals surface area contributed by atoms with Crippen LogP contribution in [0.5, 0.6) is 0 Å². The van der Waals surface area contributed by atoms with Gasteiger partial charge in [-0.25, -0.2) is 0 Å². The maximum Gasteiger partial charge on any atom is 0.271 e. The van der Waals surface area contributed by atoms with Gasteiger partial charge in [0.2, 0.25) is 0 Å². The van der Waals surface area contributed by atoms with Crippen LogP contribution in [0.4, 0.5) is 11.4 Å². The number of nitrogens with one attached hydrogen (secondary N) is 1. The summed E-state index contributed by atoms with van der Waals surface area (Å²) in [6.45, 7) is 3.76. The van der Waals surface area contributed by atoms with Crippen molar-refractivity contribution in [2.75, 3.05) is 4.90 Å². The van der Waals surface area contributed by atoms with E-state index in [0.717, 1.165) is 11.1 Å². The molecule has 1 aliphatic rings. The fourth-order valence-corrected chi connectivity index (χ4v) is 3.76. The molecule has 0 unspecified atom stereocenters. The van der Waals surface area contributed by atoms with Crippen LogP contribution in [0.15, 0.2) is 66.4 Å². The molecule has 1 saturated heterocycles. The number of non-ortho nitro benzene ring substituents is 1. The van der Waals surface area contributed by atoms with Crippen molar-refractivity contribution < 1.29 is 14.5 Å². The van der Waals surface area contributed by atoms with E-state index in [1.54, 1.807) is 35.0 Å². The molecule has 3 aromatic rings. The molecule has 9 heteroatoms. The number of nitro groups is 1. The molecule has 0 atom stereocenters. The SMILES string of the molecule is Cc1ccc(C)c(N2C(=O)/C(=C/c3cccn3-c3cccc([N+](=O)[O-])c3)C(=O)NC2=S)c1. The molecular formula is C23H18N4O4S. The highest BCUT2D eigenvalue weighted by molar-refractivity contribution is 7.80. The van der Waals surface area contributed by atoms with Gasteiger partial charge in [0.05, 0.1) is 16.3 Å². The monoisotopic (exact) mass is 446 g/mol. The molecule has 2 aromatic carbocycles. The minimum atomic E-state index is -0.603. The Hall–Kier alpha value is -4.11. The zero-order valence-electron chi connectivity index (χ0n) is 17.2. The number of benzene rings is 2. The van der Waals surface area contributed by atoms with E-state index >= 15 is 0 Å². The summed E-state index contributed by atoms with van der Waals surface area (Å²) >= 11 is 5.29. The van der Waals surface area contributed by atoms with E-state index in [9.17, 15) is 19.7 Å². The second-order valence-corrected chi connectivity index (χ2v) is 7.71. The number of hydrogen-bond acceptors (Lipinski definition) is 5. The lowest BCUT2D eigenvalue weighted by Crippen LogP contribution is -2.54. The van der Waals surface area contributed by atoms with E-state index in [1.807, 2.05) is 32.0 Å². The number of hydrogen-bond donors (Lipinski definition) is 1. The number of carbonyl (C=O) groups excluding carboxylic acids is 2. The highest BCUT2D eigenvalue weighted by Gasteiger charge is 2.35. The summed E-state index contributed by atoms with van der Waals surface area (Å²) in [6, 6.07) is 15.2. The lowest BCUT2D eigenvalue weighted by molar-refractivity contribution is -0.384. The van der Waals surface area contributed by atoms with Gasteiger partial charge in [0.25, 0.3) is 17.5 Å². The Morgan fingerprint density at radius 1 is 1.06 bits per heavy atom. The summed E-state index contributed by atoms with van der Waals surface area (Å²) in [6.07, 6.45) is 3.15. The second-order valence-electron chi connectivity index (χ2n) is 7.33. The van der Waals surface area contributed by atoms with Crippen molar-refractivity contribution in [3.63, 3.8) is 0 Å². The van der Waals surface area contributed by atoms with Gasteiger partial charge in [0, 0.05) is 24.0 Å². The van der Waals surface area contributed by atoms with Crippen LogP contribution in [0.25, 0.3) is 11.8 Å². The smallest absolute Gasteiger partial charge is 0.271 e. The predicted octanol–water partition coefficient (Wildman–Crippen LogP) is 3.83. The van der Waals surface area contributed by atoms with Gasteiger partial charge in [0.1, 0.15) is 5.57 Å². The first-order valence-electron chi connectivity index (χ1n) is 9.67. The third-order valence-corrected chi connectivity index (χ3v) is 5.38. The van der Waals surface area contributed by atoms with E-state index < -0.39 is 16.7 Å². The molecule has 1 fully saturated rings. The topological polar surface area (TPSA) is 97.5 Å². The largest absolute Gasteiger partial charge is 0.317 e. The van der Waals surface area contributed by atoms with Gasteiger partial charge < -0.3 is 4.57 Å². The molecule has 0 bridgehead atoms. The fourth-order valence-electron chi connectivity index (χ4n) is 3.49. The van der Waals surface area contributed by atoms with Crippen LogP contribution in [0.3, 0.4) is 0 Å². The summed E-state index contributed by atoms with van der Waals surface area (Å²) in [5.74, 6) is -1.15. The van der Waals surface area contributed by atoms with E-state index in [1.165, 1.54) is 23.1 Å². The van der Waals surface area contributed by atoms with Crippen molar-refractivity contribution in [1.29, 1.82) is 0 Å². The molecule has 4 rings (SSSR count). The number of aryl methyl sites for hydroxylation is 2. The van der Waals surface area contributed by atoms with Crippen LogP contribution < -0.4 is 10.2 Å². The van der Waals surface area contributed by atoms with Crippen LogP contribution >= 0.6 is 12.2 Å². The molecule has 8 nitrogen and oxygen atoms in total. The van der Waals surface area contributed by atoms with E-state index in [4.69, 9.17) is 12.2 Å². The molecule has 1 aliphatic heterocycles. The number of nitro benzene ring substituents is 1. The molecule has 0 saturated carbocycles. The average Bonchev–Trinajstić information content (AvgIpc) is 3.22. The zero-order valence-corrected chi connectivity index (χ0v) is 18.1. The van der Waals surface area contributed by atoms with E-state index in [2.05, 4.69) is 5.32 Å². The van der Waals surface area contributed by atoms with Crippen molar-refractivity contribution in [2.24, 2.45) is 0 Å². The van der Waals surface area contributed by atoms with Gasteiger partial charge >= 0.3 is 0 Å². The summed E-state index contributed by atoms with van der Waals surface area (Å²) in [4.78, 5) is 38.0. The summed E-state index contributed by atoms with van der Waals surface area (Å²) in [5.41, 5.74) is 3.27. The predicted molar refractivity (Wildman–Crippen MR) is 125 cm³/mol. The van der Waals surface area contributed by atoms with Crippen molar-refractivity contribution >= 4 is 46.6 Å². The molecule has 1 aromatic heterocycles. The van der Waals surface area contributed by atoms with Crippen LogP contribution in [-0.4, -0.2) is 26.4 Å². The number of anilines is 1. The summed E-state index contributed by atoms with van der Waals surface area (Å²) < 4.78 is 1.66. The number of amides is 2. The van der Waals surface area contributed by atoms with E-state index in [-0.39, 0.29) is 16.4 Å². The molecule has 1 N–H and O–H groups in total. The third-order valence-electron chi connectivity index (χ3n) is 5.10. The number of nitrogens with zero attached hydrogens (tertiary/aromatic N) is 3. The highest BCUT2D eigenvalue weighted by atomic mass is 32.1. The zero-order chi connectivity index (χ0) is 23.0. The van der Waals surface area contributed by atoms with Gasteiger partial charge in [-0.1, -0.05) is 18.2 Å². The molecule has 0 radical (unpaired) electrons. The summed E-state index contributed by atoms with van der Waals surface area (Å²) in [7, 11) is 0. The molecular weight excluding hydrogens is 428 g/mol. The molecule has 2 amide bonds. The molecule has 160 valence electrons. The first-order valence-corrected chi connectivity index (χ1v) is 10.1. The van der Waals surface area contributed by atoms with Crippen LogP contribution in [0.2, 0.25) is 0 Å². The Labute approximate surface area is 188 Å². The van der Waals surface area contributed by atoms with Crippen LogP contribution in [-0.2, 0) is 9.59 Å². The quantitative estimate of drug-likeness (QED) is 0.216. The van der Waals surface area contributed by atoms with Gasteiger partial charge in [-0.15, -0.1) is 0 Å². The van der Waals surface area contributed by atoms with Gasteiger partial charge in [-0.2, -0.15) is 0 Å². The lowest BCUT2D eigenvalue weighted by Gasteiger charge is -2.30. The Morgan fingerprint density at radius 2 is 1.84 bits per heavy atom. The van der Waals surface area contributed by atoms with Crippen molar-refractivity contribution in [3.05, 3.63) is 93.3 Å². The lowest BCUT2D eigenvalue weighted by atomic mass is 10.1. The average molecular weight is 446 g/mol. The molecule has 0 spiro atoms. The molecule has 2 heterocycles. The Kier molecular flexibility index (Phi) is 5.41. The van der Waals surface area contributed by atoms with Gasteiger partial charge in [-0.3, -0.25) is 29.9 Å². The third kappa shape index (κ3) is 3.81. The minimum absolute atomic E-state index is 0.0138. The first-order chi connectivity index (χ1) is 15.3. The maximum atomic E-state index is 13.3. The maximum absolute atomic E-state index is 13.3. The Morgan fingerprint density at radius 3 is 2.59 bits per heavy atom. The second kappa shape index (κ2) is 8.20. The van der Waals surface area contributed by atoms with E-state index in [0.29, 0.717) is 17.1 Å². The van der Waals surface area contributed by atoms with Crippen molar-refractivity contribution in [1.82, 2.24) is 9.88 Å². The van der Waals surface area contributed by atoms with Crippen molar-refractivity contribution in [3.8, 4) is 5.69 Å². The Bertz CT molecular complexity index is 1330. The fraction of sp³-hybridized carbons (Fsp3) is 0.0870. The molecule has 32 heavy (non-hydrogen) atoms. The van der Waals surface area contributed by atoms with Gasteiger partial charge in [0.15, 0.2) is 5.11 Å².